The molecular weight excluding hydrogens is 243 g/mol. The summed E-state index contributed by atoms with van der Waals surface area (Å²) in [4.78, 5) is 0. The van der Waals surface area contributed by atoms with Crippen molar-refractivity contribution in [1.82, 2.24) is 0 Å². The van der Waals surface area contributed by atoms with Crippen LogP contribution in [0.1, 0.15) is 18.5 Å². The molecular formula is C10H13ClF3NO. The van der Waals surface area contributed by atoms with E-state index in [-0.39, 0.29) is 24.2 Å². The van der Waals surface area contributed by atoms with E-state index in [0.29, 0.717) is 5.56 Å². The van der Waals surface area contributed by atoms with Crippen LogP contribution in [0.2, 0.25) is 0 Å². The van der Waals surface area contributed by atoms with Crippen LogP contribution in [0.15, 0.2) is 18.2 Å². The molecule has 1 aromatic carbocycles. The van der Waals surface area contributed by atoms with Gasteiger partial charge in [0, 0.05) is 6.04 Å². The highest BCUT2D eigenvalue weighted by atomic mass is 35.5. The Labute approximate surface area is 98.0 Å². The molecule has 1 unspecified atom stereocenters. The minimum atomic E-state index is -2.61. The molecule has 16 heavy (non-hydrogen) atoms. The molecule has 0 bridgehead atoms. The molecule has 1 aromatic rings. The van der Waals surface area contributed by atoms with Crippen molar-refractivity contribution in [2.45, 2.75) is 19.4 Å². The fraction of sp³-hybridized carbons (Fsp3) is 0.400. The monoisotopic (exact) mass is 255 g/mol. The van der Waals surface area contributed by atoms with Crippen LogP contribution in [-0.2, 0) is 0 Å². The molecule has 0 heterocycles. The predicted octanol–water partition coefficient (Wildman–Crippen LogP) is 2.91. The Kier molecular flexibility index (Phi) is 6.21. The van der Waals surface area contributed by atoms with E-state index in [2.05, 4.69) is 4.74 Å². The van der Waals surface area contributed by atoms with Crippen LogP contribution in [0, 0.1) is 5.82 Å². The number of ether oxygens (including phenoxy) is 1. The number of benzene rings is 1. The average molecular weight is 256 g/mol. The third kappa shape index (κ3) is 4.28. The van der Waals surface area contributed by atoms with Crippen LogP contribution in [0.3, 0.4) is 0 Å². The molecule has 1 rings (SSSR count). The van der Waals surface area contributed by atoms with Gasteiger partial charge in [0.2, 0.25) is 0 Å². The Morgan fingerprint density at radius 2 is 2.00 bits per heavy atom. The standard InChI is InChI=1S/C10H12F3NO.ClH/c1-6(14)7-2-3-9(8(11)4-7)15-5-10(12)13;/h2-4,6,10H,5,14H2,1H3;1H. The van der Waals surface area contributed by atoms with Gasteiger partial charge in [0.05, 0.1) is 0 Å². The average Bonchev–Trinajstić information content (AvgIpc) is 2.15. The molecule has 0 radical (unpaired) electrons. The number of nitrogens with two attached hydrogens (primary N) is 1. The van der Waals surface area contributed by atoms with E-state index < -0.39 is 18.8 Å². The Morgan fingerprint density at radius 3 is 2.44 bits per heavy atom. The highest BCUT2D eigenvalue weighted by Gasteiger charge is 2.09. The molecule has 0 amide bonds. The summed E-state index contributed by atoms with van der Waals surface area (Å²) in [5.74, 6) is -0.856. The second-order valence-electron chi connectivity index (χ2n) is 3.18. The van der Waals surface area contributed by atoms with Gasteiger partial charge in [-0.1, -0.05) is 6.07 Å². The van der Waals surface area contributed by atoms with Crippen LogP contribution >= 0.6 is 12.4 Å². The zero-order valence-corrected chi connectivity index (χ0v) is 9.44. The van der Waals surface area contributed by atoms with E-state index in [1.165, 1.54) is 12.1 Å². The van der Waals surface area contributed by atoms with Crippen LogP contribution in [0.5, 0.6) is 5.75 Å². The highest BCUT2D eigenvalue weighted by Crippen LogP contribution is 2.21. The van der Waals surface area contributed by atoms with Crippen molar-refractivity contribution in [3.05, 3.63) is 29.6 Å². The third-order valence-corrected chi connectivity index (χ3v) is 1.85. The molecule has 0 aromatic heterocycles. The van der Waals surface area contributed by atoms with E-state index in [4.69, 9.17) is 5.73 Å². The molecule has 0 spiro atoms. The quantitative estimate of drug-likeness (QED) is 0.898. The first-order valence-corrected chi connectivity index (χ1v) is 4.46. The summed E-state index contributed by atoms with van der Waals surface area (Å²) < 4.78 is 41.4. The number of hydrogen-bond acceptors (Lipinski definition) is 2. The highest BCUT2D eigenvalue weighted by molar-refractivity contribution is 5.85. The van der Waals surface area contributed by atoms with Crippen LogP contribution < -0.4 is 10.5 Å². The predicted molar refractivity (Wildman–Crippen MR) is 57.7 cm³/mol. The van der Waals surface area contributed by atoms with Crippen LogP contribution in [-0.4, -0.2) is 13.0 Å². The van der Waals surface area contributed by atoms with Crippen molar-refractivity contribution in [1.29, 1.82) is 0 Å². The van der Waals surface area contributed by atoms with Gasteiger partial charge < -0.3 is 10.5 Å². The number of alkyl halides is 2. The Hall–Kier alpha value is -0.940. The maximum Gasteiger partial charge on any atom is 0.272 e. The molecule has 2 N–H and O–H groups in total. The van der Waals surface area contributed by atoms with Gasteiger partial charge >= 0.3 is 0 Å². The van der Waals surface area contributed by atoms with Gasteiger partial charge in [0.1, 0.15) is 6.61 Å². The maximum atomic E-state index is 13.2. The lowest BCUT2D eigenvalue weighted by Gasteiger charge is -2.09. The van der Waals surface area contributed by atoms with Gasteiger partial charge in [0.15, 0.2) is 11.6 Å². The Morgan fingerprint density at radius 1 is 1.38 bits per heavy atom. The van der Waals surface area contributed by atoms with Gasteiger partial charge in [-0.2, -0.15) is 0 Å². The van der Waals surface area contributed by atoms with Crippen molar-refractivity contribution >= 4 is 12.4 Å². The van der Waals surface area contributed by atoms with Crippen LogP contribution in [0.25, 0.3) is 0 Å². The molecule has 0 aliphatic carbocycles. The normalized spacial score (nSPS) is 12.1. The molecule has 2 nitrogen and oxygen atoms in total. The smallest absolute Gasteiger partial charge is 0.272 e. The molecule has 6 heteroatoms. The first kappa shape index (κ1) is 15.1. The SMILES string of the molecule is CC(N)c1ccc(OCC(F)F)c(F)c1.Cl. The van der Waals surface area contributed by atoms with Crippen molar-refractivity contribution < 1.29 is 17.9 Å². The molecule has 1 atom stereocenters. The van der Waals surface area contributed by atoms with Gasteiger partial charge in [-0.15, -0.1) is 12.4 Å². The van der Waals surface area contributed by atoms with Gasteiger partial charge in [-0.25, -0.2) is 13.2 Å². The largest absolute Gasteiger partial charge is 0.485 e. The van der Waals surface area contributed by atoms with Gasteiger partial charge in [0.25, 0.3) is 6.43 Å². The summed E-state index contributed by atoms with van der Waals surface area (Å²) in [5.41, 5.74) is 6.12. The van der Waals surface area contributed by atoms with E-state index in [1.807, 2.05) is 0 Å². The molecule has 0 aliphatic rings. The summed E-state index contributed by atoms with van der Waals surface area (Å²) in [5, 5.41) is 0. The fourth-order valence-corrected chi connectivity index (χ4v) is 1.07. The number of rotatable bonds is 4. The summed E-state index contributed by atoms with van der Waals surface area (Å²) in [6, 6.07) is 3.74. The summed E-state index contributed by atoms with van der Waals surface area (Å²) in [6.45, 7) is 0.892. The Balaban J connectivity index is 0.00000225. The molecule has 0 aliphatic heterocycles. The van der Waals surface area contributed by atoms with Crippen molar-refractivity contribution in [3.8, 4) is 5.75 Å². The zero-order chi connectivity index (χ0) is 11.4. The maximum absolute atomic E-state index is 13.2. The number of hydrogen-bond donors (Lipinski definition) is 1. The molecule has 0 saturated heterocycles. The fourth-order valence-electron chi connectivity index (χ4n) is 1.07. The minimum absolute atomic E-state index is 0. The van der Waals surface area contributed by atoms with Crippen molar-refractivity contribution in [2.75, 3.05) is 6.61 Å². The third-order valence-electron chi connectivity index (χ3n) is 1.85. The lowest BCUT2D eigenvalue weighted by molar-refractivity contribution is 0.0799. The van der Waals surface area contributed by atoms with Crippen LogP contribution in [0.4, 0.5) is 13.2 Å². The second kappa shape index (κ2) is 6.60. The lowest BCUT2D eigenvalue weighted by atomic mass is 10.1. The van der Waals surface area contributed by atoms with E-state index >= 15 is 0 Å². The number of halogens is 4. The van der Waals surface area contributed by atoms with Gasteiger partial charge in [-0.3, -0.25) is 0 Å². The first-order chi connectivity index (χ1) is 7.00. The van der Waals surface area contributed by atoms with E-state index in [9.17, 15) is 13.2 Å². The topological polar surface area (TPSA) is 35.2 Å². The summed E-state index contributed by atoms with van der Waals surface area (Å²) >= 11 is 0. The summed E-state index contributed by atoms with van der Waals surface area (Å²) in [7, 11) is 0. The minimum Gasteiger partial charge on any atom is -0.485 e. The first-order valence-electron chi connectivity index (χ1n) is 4.46. The molecule has 0 fully saturated rings. The van der Waals surface area contributed by atoms with Crippen molar-refractivity contribution in [3.63, 3.8) is 0 Å². The lowest BCUT2D eigenvalue weighted by Crippen LogP contribution is -2.09. The van der Waals surface area contributed by atoms with E-state index in [1.54, 1.807) is 13.0 Å². The van der Waals surface area contributed by atoms with E-state index in [0.717, 1.165) is 0 Å². The molecule has 0 saturated carbocycles. The van der Waals surface area contributed by atoms with Gasteiger partial charge in [-0.05, 0) is 24.6 Å². The zero-order valence-electron chi connectivity index (χ0n) is 8.62. The second-order valence-corrected chi connectivity index (χ2v) is 3.18. The summed E-state index contributed by atoms with van der Waals surface area (Å²) in [6.07, 6.45) is -2.61. The molecule has 92 valence electrons. The Bertz CT molecular complexity index is 334. The van der Waals surface area contributed by atoms with Crippen molar-refractivity contribution in [2.24, 2.45) is 5.73 Å².